The van der Waals surface area contributed by atoms with Gasteiger partial charge in [-0.1, -0.05) is 11.3 Å². The molecule has 4 aromatic heterocycles. The molecule has 1 aliphatic rings. The Labute approximate surface area is 193 Å². The summed E-state index contributed by atoms with van der Waals surface area (Å²) in [4.78, 5) is 14.2. The van der Waals surface area contributed by atoms with Gasteiger partial charge >= 0.3 is 6.18 Å². The Morgan fingerprint density at radius 1 is 1.15 bits per heavy atom. The number of piperidine rings is 1. The summed E-state index contributed by atoms with van der Waals surface area (Å²) in [5, 5.41) is 13.4. The third kappa shape index (κ3) is 4.54. The number of pyridine rings is 1. The molecule has 5 heterocycles. The van der Waals surface area contributed by atoms with Gasteiger partial charge in [0.15, 0.2) is 5.65 Å². The molecule has 34 heavy (non-hydrogen) atoms. The van der Waals surface area contributed by atoms with Gasteiger partial charge < -0.3 is 4.90 Å². The zero-order chi connectivity index (χ0) is 23.9. The molecule has 0 bridgehead atoms. The number of alkyl halides is 5. The second kappa shape index (κ2) is 8.81. The lowest BCUT2D eigenvalue weighted by Crippen LogP contribution is -2.35. The van der Waals surface area contributed by atoms with E-state index in [1.165, 1.54) is 23.6 Å². The first kappa shape index (κ1) is 22.5. The van der Waals surface area contributed by atoms with Gasteiger partial charge in [-0.3, -0.25) is 4.98 Å². The van der Waals surface area contributed by atoms with Crippen LogP contribution >= 0.6 is 11.3 Å². The van der Waals surface area contributed by atoms with Crippen LogP contribution < -0.4 is 4.90 Å². The molecule has 0 saturated carbocycles. The predicted molar refractivity (Wildman–Crippen MR) is 114 cm³/mol. The van der Waals surface area contributed by atoms with Crippen LogP contribution in [0.15, 0.2) is 30.7 Å². The van der Waals surface area contributed by atoms with E-state index in [1.54, 1.807) is 6.20 Å². The Morgan fingerprint density at radius 2 is 2.00 bits per heavy atom. The van der Waals surface area contributed by atoms with Crippen LogP contribution in [0, 0.1) is 0 Å². The second-order valence-electron chi connectivity index (χ2n) is 7.81. The number of halogens is 5. The van der Waals surface area contributed by atoms with Crippen LogP contribution in [0.1, 0.15) is 29.5 Å². The number of fused-ring (bicyclic) bond motifs is 1. The smallest absolute Gasteiger partial charge is 0.355 e. The van der Waals surface area contributed by atoms with Crippen LogP contribution in [0.3, 0.4) is 0 Å². The summed E-state index contributed by atoms with van der Waals surface area (Å²) in [5.41, 5.74) is 0.0478. The van der Waals surface area contributed by atoms with E-state index in [0.717, 1.165) is 29.8 Å². The lowest BCUT2D eigenvalue weighted by Gasteiger charge is -2.32. The minimum Gasteiger partial charge on any atom is -0.355 e. The molecule has 1 fully saturated rings. The molecule has 14 heteroatoms. The van der Waals surface area contributed by atoms with Crippen molar-refractivity contribution in [3.63, 3.8) is 0 Å². The topological polar surface area (TPSA) is 85.5 Å². The van der Waals surface area contributed by atoms with E-state index in [-0.39, 0.29) is 11.6 Å². The molecule has 1 saturated heterocycles. The summed E-state index contributed by atoms with van der Waals surface area (Å²) in [5.74, 6) is 0.536. The zero-order valence-electron chi connectivity index (χ0n) is 17.5. The average Bonchev–Trinajstić information content (AvgIpc) is 3.46. The van der Waals surface area contributed by atoms with Gasteiger partial charge in [-0.2, -0.15) is 18.3 Å². The van der Waals surface area contributed by atoms with Gasteiger partial charge in [0.1, 0.15) is 33.6 Å². The normalized spacial score (nSPS) is 17.1. The van der Waals surface area contributed by atoms with E-state index >= 15 is 0 Å². The van der Waals surface area contributed by atoms with Gasteiger partial charge in [-0.05, 0) is 25.0 Å². The highest BCUT2D eigenvalue weighted by atomic mass is 32.1. The van der Waals surface area contributed by atoms with Gasteiger partial charge in [-0.15, -0.1) is 10.2 Å². The fourth-order valence-electron chi connectivity index (χ4n) is 3.88. The first-order valence-corrected chi connectivity index (χ1v) is 11.2. The Bertz CT molecular complexity index is 1300. The number of hydrogen-bond donors (Lipinski definition) is 0. The predicted octanol–water partition coefficient (Wildman–Crippen LogP) is 4.41. The molecule has 1 unspecified atom stereocenters. The summed E-state index contributed by atoms with van der Waals surface area (Å²) < 4.78 is 65.8. The third-order valence-electron chi connectivity index (χ3n) is 5.48. The Balaban J connectivity index is 1.36. The highest BCUT2D eigenvalue weighted by Gasteiger charge is 2.33. The number of rotatable bonds is 5. The standard InChI is InChI=1S/C20H17F5N8S/c21-15(22)10-33-17-13(7-28-33)27-8-16(29-17)32-5-1-2-12(9-32)19-31-30-18(34-19)11-3-4-26-14(6-11)20(23,24)25/h3-4,6-8,12,15H,1-2,5,9-10H2. The van der Waals surface area contributed by atoms with Crippen LogP contribution in [0.2, 0.25) is 0 Å². The van der Waals surface area contributed by atoms with Crippen molar-refractivity contribution in [2.45, 2.75) is 37.9 Å². The van der Waals surface area contributed by atoms with E-state index in [1.807, 2.05) is 4.90 Å². The van der Waals surface area contributed by atoms with Crippen LogP contribution in [0.5, 0.6) is 0 Å². The number of aromatic nitrogens is 7. The van der Waals surface area contributed by atoms with E-state index in [9.17, 15) is 22.0 Å². The lowest BCUT2D eigenvalue weighted by atomic mass is 9.99. The molecule has 1 atom stereocenters. The Morgan fingerprint density at radius 3 is 2.79 bits per heavy atom. The fourth-order valence-corrected chi connectivity index (χ4v) is 4.84. The molecule has 0 radical (unpaired) electrons. The van der Waals surface area contributed by atoms with Crippen molar-refractivity contribution < 1.29 is 22.0 Å². The highest BCUT2D eigenvalue weighted by molar-refractivity contribution is 7.14. The van der Waals surface area contributed by atoms with Gasteiger partial charge in [0.05, 0.1) is 12.4 Å². The summed E-state index contributed by atoms with van der Waals surface area (Å²) in [7, 11) is 0. The molecule has 0 spiro atoms. The number of hydrogen-bond acceptors (Lipinski definition) is 8. The summed E-state index contributed by atoms with van der Waals surface area (Å²) in [6.45, 7) is 0.676. The minimum atomic E-state index is -4.54. The number of anilines is 1. The zero-order valence-corrected chi connectivity index (χ0v) is 18.3. The maximum atomic E-state index is 13.0. The Kier molecular flexibility index (Phi) is 5.83. The van der Waals surface area contributed by atoms with Crippen LogP contribution in [0.25, 0.3) is 21.7 Å². The average molecular weight is 496 g/mol. The first-order valence-electron chi connectivity index (χ1n) is 10.4. The second-order valence-corrected chi connectivity index (χ2v) is 8.82. The quantitative estimate of drug-likeness (QED) is 0.379. The van der Waals surface area contributed by atoms with E-state index in [2.05, 4.69) is 30.2 Å². The van der Waals surface area contributed by atoms with Gasteiger partial charge in [-0.25, -0.2) is 23.4 Å². The van der Waals surface area contributed by atoms with Crippen molar-refractivity contribution in [2.75, 3.05) is 18.0 Å². The van der Waals surface area contributed by atoms with E-state index in [0.29, 0.717) is 40.0 Å². The van der Waals surface area contributed by atoms with Crippen molar-refractivity contribution in [2.24, 2.45) is 0 Å². The molecule has 178 valence electrons. The molecule has 1 aliphatic heterocycles. The van der Waals surface area contributed by atoms with Crippen molar-refractivity contribution in [1.29, 1.82) is 0 Å². The van der Waals surface area contributed by atoms with E-state index < -0.39 is 24.8 Å². The van der Waals surface area contributed by atoms with E-state index in [4.69, 9.17) is 0 Å². The van der Waals surface area contributed by atoms with Gasteiger partial charge in [0, 0.05) is 30.8 Å². The first-order chi connectivity index (χ1) is 16.3. The lowest BCUT2D eigenvalue weighted by molar-refractivity contribution is -0.141. The van der Waals surface area contributed by atoms with Crippen LogP contribution in [-0.2, 0) is 12.7 Å². The van der Waals surface area contributed by atoms with Crippen LogP contribution in [-0.4, -0.2) is 54.4 Å². The summed E-state index contributed by atoms with van der Waals surface area (Å²) in [6.07, 6.45) is -1.36. The van der Waals surface area contributed by atoms with Gasteiger partial charge in [0.2, 0.25) is 0 Å². The van der Waals surface area contributed by atoms with Gasteiger partial charge in [0.25, 0.3) is 6.43 Å². The summed E-state index contributed by atoms with van der Waals surface area (Å²) >= 11 is 1.24. The third-order valence-corrected chi connectivity index (χ3v) is 6.61. The molecule has 0 amide bonds. The van der Waals surface area contributed by atoms with Crippen LogP contribution in [0.4, 0.5) is 27.8 Å². The largest absolute Gasteiger partial charge is 0.433 e. The monoisotopic (exact) mass is 496 g/mol. The van der Waals surface area contributed by atoms with Crippen molar-refractivity contribution in [3.05, 3.63) is 41.4 Å². The molecule has 0 aliphatic carbocycles. The SMILES string of the molecule is FC(F)Cn1ncc2ncc(N3CCCC(c4nnc(-c5ccnc(C(F)(F)F)c5)s4)C3)nc21. The van der Waals surface area contributed by atoms with Crippen molar-refractivity contribution in [1.82, 2.24) is 34.9 Å². The highest BCUT2D eigenvalue weighted by Crippen LogP contribution is 2.35. The van der Waals surface area contributed by atoms with Crippen molar-refractivity contribution in [3.8, 4) is 10.6 Å². The molecular weight excluding hydrogens is 479 g/mol. The van der Waals surface area contributed by atoms with Crippen molar-refractivity contribution >= 4 is 28.3 Å². The molecule has 8 nitrogen and oxygen atoms in total. The molecule has 0 N–H and O–H groups in total. The molecular formula is C20H17F5N8S. The number of nitrogens with zero attached hydrogens (tertiary/aromatic N) is 8. The molecule has 4 aromatic rings. The minimum absolute atomic E-state index is 0.00704. The molecule has 5 rings (SSSR count). The fraction of sp³-hybridized carbons (Fsp3) is 0.400. The molecule has 0 aromatic carbocycles. The maximum Gasteiger partial charge on any atom is 0.433 e. The summed E-state index contributed by atoms with van der Waals surface area (Å²) in [6, 6.07) is 2.44. The Hall–Kier alpha value is -3.29. The maximum absolute atomic E-state index is 13.0.